The van der Waals surface area contributed by atoms with Crippen molar-refractivity contribution in [3.05, 3.63) is 36.5 Å². The van der Waals surface area contributed by atoms with Gasteiger partial charge in [-0.3, -0.25) is 4.79 Å². The average Bonchev–Trinajstić information content (AvgIpc) is 2.03. The molecule has 0 spiro atoms. The summed E-state index contributed by atoms with van der Waals surface area (Å²) in [5, 5.41) is 7.89. The molecule has 0 radical (unpaired) electrons. The zero-order valence-electron chi connectivity index (χ0n) is 8.89. The van der Waals surface area contributed by atoms with Gasteiger partial charge in [-0.1, -0.05) is 19.7 Å². The summed E-state index contributed by atoms with van der Waals surface area (Å²) < 4.78 is 0. The van der Waals surface area contributed by atoms with E-state index in [1.807, 2.05) is 0 Å². The number of carbonyl (C=O) groups is 2. The third-order valence-electron chi connectivity index (χ3n) is 1.14. The zero-order chi connectivity index (χ0) is 11.9. The summed E-state index contributed by atoms with van der Waals surface area (Å²) >= 11 is 0. The average molecular weight is 196 g/mol. The van der Waals surface area contributed by atoms with E-state index in [4.69, 9.17) is 5.11 Å². The van der Waals surface area contributed by atoms with E-state index in [-0.39, 0.29) is 11.4 Å². The normalized spacial score (nSPS) is 7.93. The first-order valence-electron chi connectivity index (χ1n) is 3.94. The smallest absolute Gasteiger partial charge is 0.330 e. The number of allylic oxidation sites excluding steroid dienone is 2. The zero-order valence-corrected chi connectivity index (χ0v) is 8.89. The molecule has 3 nitrogen and oxygen atoms in total. The molecule has 0 aliphatic heterocycles. The molecule has 0 aromatic heterocycles. The highest BCUT2D eigenvalue weighted by atomic mass is 16.4. The summed E-state index contributed by atoms with van der Waals surface area (Å²) in [6, 6.07) is 0. The lowest BCUT2D eigenvalue weighted by atomic mass is 10.1. The van der Waals surface area contributed by atoms with Gasteiger partial charge in [-0.05, 0) is 31.9 Å². The van der Waals surface area contributed by atoms with Crippen molar-refractivity contribution in [3.63, 3.8) is 0 Å². The van der Waals surface area contributed by atoms with Gasteiger partial charge in [0, 0.05) is 5.57 Å². The van der Waals surface area contributed by atoms with Gasteiger partial charge in [-0.25, -0.2) is 4.79 Å². The number of carbonyl (C=O) groups excluding carboxylic acids is 1. The SMILES string of the molecule is C=C(C)C(=O)C(=C)C.C=C(C)C(=O)O. The van der Waals surface area contributed by atoms with Crippen molar-refractivity contribution >= 4 is 11.8 Å². The first-order valence-corrected chi connectivity index (χ1v) is 3.94. The summed E-state index contributed by atoms with van der Waals surface area (Å²) in [4.78, 5) is 20.2. The Morgan fingerprint density at radius 2 is 1.07 bits per heavy atom. The lowest BCUT2D eigenvalue weighted by Crippen LogP contribution is -1.97. The highest BCUT2D eigenvalue weighted by Crippen LogP contribution is 1.97. The van der Waals surface area contributed by atoms with Crippen LogP contribution in [0.5, 0.6) is 0 Å². The molecule has 14 heavy (non-hydrogen) atoms. The van der Waals surface area contributed by atoms with Gasteiger partial charge in [0.05, 0.1) is 0 Å². The molecule has 0 aliphatic carbocycles. The Morgan fingerprint density at radius 1 is 0.857 bits per heavy atom. The molecule has 3 heteroatoms. The molecule has 0 aromatic carbocycles. The molecule has 0 fully saturated rings. The number of carboxylic acid groups (broad SMARTS) is 1. The van der Waals surface area contributed by atoms with Crippen LogP contribution in [0.25, 0.3) is 0 Å². The van der Waals surface area contributed by atoms with Gasteiger partial charge in [-0.2, -0.15) is 0 Å². The van der Waals surface area contributed by atoms with Crippen molar-refractivity contribution in [2.24, 2.45) is 0 Å². The molecule has 1 N–H and O–H groups in total. The topological polar surface area (TPSA) is 54.4 Å². The third-order valence-corrected chi connectivity index (χ3v) is 1.14. The predicted octanol–water partition coefficient (Wildman–Crippen LogP) is 2.35. The van der Waals surface area contributed by atoms with E-state index in [1.54, 1.807) is 13.8 Å². The minimum atomic E-state index is -0.935. The quantitative estimate of drug-likeness (QED) is 0.705. The van der Waals surface area contributed by atoms with Crippen LogP contribution in [0.2, 0.25) is 0 Å². The van der Waals surface area contributed by atoms with Gasteiger partial charge in [0.15, 0.2) is 5.78 Å². The van der Waals surface area contributed by atoms with Crippen LogP contribution in [0, 0.1) is 0 Å². The van der Waals surface area contributed by atoms with E-state index in [1.165, 1.54) is 6.92 Å². The van der Waals surface area contributed by atoms with Crippen LogP contribution < -0.4 is 0 Å². The van der Waals surface area contributed by atoms with Crippen LogP contribution in [-0.4, -0.2) is 16.9 Å². The summed E-state index contributed by atoms with van der Waals surface area (Å²) in [6.45, 7) is 14.9. The monoisotopic (exact) mass is 196 g/mol. The highest BCUT2D eigenvalue weighted by Gasteiger charge is 1.99. The van der Waals surface area contributed by atoms with Crippen molar-refractivity contribution in [2.45, 2.75) is 20.8 Å². The molecule has 0 unspecified atom stereocenters. The number of hydrogen-bond donors (Lipinski definition) is 1. The van der Waals surface area contributed by atoms with Crippen LogP contribution in [0.3, 0.4) is 0 Å². The number of Topliss-reactive ketones (excluding diaryl/α,β-unsaturated/α-hetero) is 1. The van der Waals surface area contributed by atoms with Gasteiger partial charge in [0.1, 0.15) is 0 Å². The molecule has 0 amide bonds. The second-order valence-corrected chi connectivity index (χ2v) is 2.98. The Kier molecular flexibility index (Phi) is 7.25. The molecular weight excluding hydrogens is 180 g/mol. The van der Waals surface area contributed by atoms with Crippen LogP contribution in [0.15, 0.2) is 36.5 Å². The molecule has 0 atom stereocenters. The number of aliphatic carboxylic acids is 1. The van der Waals surface area contributed by atoms with E-state index < -0.39 is 5.97 Å². The Bertz CT molecular complexity index is 257. The highest BCUT2D eigenvalue weighted by molar-refractivity contribution is 6.06. The van der Waals surface area contributed by atoms with Crippen molar-refractivity contribution in [1.82, 2.24) is 0 Å². The molecule has 0 aliphatic rings. The molecule has 0 saturated heterocycles. The van der Waals surface area contributed by atoms with Gasteiger partial charge in [0.25, 0.3) is 0 Å². The van der Waals surface area contributed by atoms with Crippen molar-refractivity contribution in [3.8, 4) is 0 Å². The number of hydrogen-bond acceptors (Lipinski definition) is 2. The minimum absolute atomic E-state index is 0.0370. The Hall–Kier alpha value is -1.64. The second kappa shape index (κ2) is 6.83. The lowest BCUT2D eigenvalue weighted by Gasteiger charge is -1.92. The second-order valence-electron chi connectivity index (χ2n) is 2.98. The van der Waals surface area contributed by atoms with Crippen molar-refractivity contribution in [1.29, 1.82) is 0 Å². The van der Waals surface area contributed by atoms with Gasteiger partial charge in [0.2, 0.25) is 0 Å². The summed E-state index contributed by atoms with van der Waals surface area (Å²) in [7, 11) is 0. The fourth-order valence-electron chi connectivity index (χ4n) is 0.364. The maximum absolute atomic E-state index is 10.6. The molecule has 0 aromatic rings. The van der Waals surface area contributed by atoms with E-state index in [0.29, 0.717) is 11.1 Å². The Labute approximate surface area is 84.4 Å². The summed E-state index contributed by atoms with van der Waals surface area (Å²) in [5.41, 5.74) is 1.28. The minimum Gasteiger partial charge on any atom is -0.478 e. The van der Waals surface area contributed by atoms with Crippen molar-refractivity contribution in [2.75, 3.05) is 0 Å². The Morgan fingerprint density at radius 3 is 1.07 bits per heavy atom. The summed E-state index contributed by atoms with van der Waals surface area (Å²) in [5.74, 6) is -0.972. The van der Waals surface area contributed by atoms with Gasteiger partial charge in [-0.15, -0.1) is 0 Å². The molecule has 0 rings (SSSR count). The fourth-order valence-corrected chi connectivity index (χ4v) is 0.364. The number of ketones is 1. The number of carboxylic acids is 1. The van der Waals surface area contributed by atoms with Gasteiger partial charge < -0.3 is 5.11 Å². The van der Waals surface area contributed by atoms with E-state index >= 15 is 0 Å². The molecule has 0 saturated carbocycles. The standard InChI is InChI=1S/C7H10O.C4H6O2/c1-5(2)7(8)6(3)4;1-3(2)4(5)6/h1,3H2,2,4H3;1H2,2H3,(H,5,6). The van der Waals surface area contributed by atoms with Crippen LogP contribution in [0.4, 0.5) is 0 Å². The molecule has 0 bridgehead atoms. The van der Waals surface area contributed by atoms with E-state index in [9.17, 15) is 9.59 Å². The van der Waals surface area contributed by atoms with Crippen LogP contribution in [0.1, 0.15) is 20.8 Å². The molecular formula is C11H16O3. The first-order chi connectivity index (χ1) is 6.20. The largest absolute Gasteiger partial charge is 0.478 e. The third kappa shape index (κ3) is 8.46. The maximum atomic E-state index is 10.6. The maximum Gasteiger partial charge on any atom is 0.330 e. The van der Waals surface area contributed by atoms with Crippen molar-refractivity contribution < 1.29 is 14.7 Å². The predicted molar refractivity (Wildman–Crippen MR) is 57.1 cm³/mol. The lowest BCUT2D eigenvalue weighted by molar-refractivity contribution is -0.132. The fraction of sp³-hybridized carbons (Fsp3) is 0.273. The van der Waals surface area contributed by atoms with E-state index in [2.05, 4.69) is 19.7 Å². The Balaban J connectivity index is 0. The van der Waals surface area contributed by atoms with Gasteiger partial charge >= 0.3 is 5.97 Å². The van der Waals surface area contributed by atoms with E-state index in [0.717, 1.165) is 0 Å². The molecule has 78 valence electrons. The first kappa shape index (κ1) is 14.9. The summed E-state index contributed by atoms with van der Waals surface area (Å²) in [6.07, 6.45) is 0. The van der Waals surface area contributed by atoms with Crippen LogP contribution in [-0.2, 0) is 9.59 Å². The number of rotatable bonds is 3. The van der Waals surface area contributed by atoms with Crippen LogP contribution >= 0.6 is 0 Å². The molecule has 0 heterocycles.